The number of fused-ring (bicyclic) bond motifs is 5. The van der Waals surface area contributed by atoms with E-state index in [-0.39, 0.29) is 95.0 Å². The van der Waals surface area contributed by atoms with Crippen LogP contribution in [-0.2, 0) is 76.7 Å². The zero-order valence-electron chi connectivity index (χ0n) is 51.0. The van der Waals surface area contributed by atoms with Crippen LogP contribution in [0.15, 0.2) is 36.7 Å². The average molecular weight is 1260 g/mol. The summed E-state index contributed by atoms with van der Waals surface area (Å²) in [5.74, 6) is -4.68. The van der Waals surface area contributed by atoms with Crippen molar-refractivity contribution in [2.24, 2.45) is 17.4 Å². The molecule has 490 valence electrons. The smallest absolute Gasteiger partial charge is 0.315 e. The van der Waals surface area contributed by atoms with E-state index in [1.54, 1.807) is 12.4 Å². The van der Waals surface area contributed by atoms with Gasteiger partial charge in [0.1, 0.15) is 42.9 Å². The topological polar surface area (TPSA) is 408 Å². The number of aryl methyl sites for hydroxylation is 1. The third-order valence-electron chi connectivity index (χ3n) is 16.0. The quantitative estimate of drug-likeness (QED) is 0.0332. The first-order valence-electron chi connectivity index (χ1n) is 31.2. The number of nitrogens with two attached hydrogens (primary N) is 2. The number of nitrogens with zero attached hydrogens (tertiary/aromatic N) is 4. The largest absolute Gasteiger partial charge is 0.377 e. The Kier molecular flexibility index (Phi) is 27.7. The van der Waals surface area contributed by atoms with Crippen LogP contribution in [0.1, 0.15) is 109 Å². The fraction of sp³-hybridized carbons (Fsp3) is 0.661. The van der Waals surface area contributed by atoms with Crippen LogP contribution in [0.2, 0.25) is 0 Å². The van der Waals surface area contributed by atoms with Gasteiger partial charge < -0.3 is 83.4 Å². The summed E-state index contributed by atoms with van der Waals surface area (Å²) in [5, 5.41) is 34.9. The maximum atomic E-state index is 14.6. The number of para-hydroxylation sites is 1. The van der Waals surface area contributed by atoms with Crippen LogP contribution in [0.4, 0.5) is 4.79 Å². The van der Waals surface area contributed by atoms with Crippen molar-refractivity contribution < 1.29 is 62.2 Å². The Hall–Kier alpha value is -7.41. The third-order valence-corrected chi connectivity index (χ3v) is 17.5. The van der Waals surface area contributed by atoms with Gasteiger partial charge in [-0.1, -0.05) is 43.7 Å². The Morgan fingerprint density at radius 2 is 1.54 bits per heavy atom. The van der Waals surface area contributed by atoms with Crippen LogP contribution in [0.5, 0.6) is 0 Å². The molecule has 2 bridgehead atoms. The highest BCUT2D eigenvalue weighted by molar-refractivity contribution is 8.00. The highest BCUT2D eigenvalue weighted by atomic mass is 32.2. The monoisotopic (exact) mass is 1260 g/mol. The number of hydrogen-bond acceptors (Lipinski definition) is 17. The number of H-pyrrole nitrogens is 1. The van der Waals surface area contributed by atoms with Crippen molar-refractivity contribution in [2.45, 2.75) is 170 Å². The lowest BCUT2D eigenvalue weighted by Gasteiger charge is -2.30. The van der Waals surface area contributed by atoms with Crippen molar-refractivity contribution in [1.82, 2.24) is 72.7 Å². The van der Waals surface area contributed by atoms with Crippen molar-refractivity contribution >= 4 is 81.9 Å². The standard InChI is InChI=1S/C59H90N16O13S/c1-36(2)28-43-54(80)64-32-50(77)66-45(29-37-31-63-40-13-4-3-12-39(37)40)58(84)75-22-11-16-47(75)57(83)67-41(53(61)79)14-8-10-21-74-33-38(72-73-74)30-44(56(82)68-42(55(81)69-43)15-7-9-19-60)65-51(78)34-88-27-26-87-25-24-86-23-20-62-49(76)18-6-5-17-48-52-46(35-89-48)70-59(85)71-52/h3-4,12-13,31,33,36,41-48,52,63H,5-11,14-30,32,34-35,60H2,1-2H3,(H2,61,79)(H,62,76)(H,64,80)(H,65,78)(H,66,77)(H,67,83)(H,68,82)(H,69,81)(H2,70,71,85)/t41-,42-,43-,44-,45-,46-,47-,48-,52-/m0/s1. The lowest BCUT2D eigenvalue weighted by atomic mass is 10.0. The molecule has 9 atom stereocenters. The maximum absolute atomic E-state index is 14.6. The van der Waals surface area contributed by atoms with Gasteiger partial charge in [-0.15, -0.1) is 5.10 Å². The van der Waals surface area contributed by atoms with Crippen LogP contribution in [0.3, 0.4) is 0 Å². The predicted molar refractivity (Wildman–Crippen MR) is 328 cm³/mol. The van der Waals surface area contributed by atoms with E-state index in [4.69, 9.17) is 25.7 Å². The van der Waals surface area contributed by atoms with Gasteiger partial charge >= 0.3 is 6.03 Å². The molecule has 4 aliphatic rings. The van der Waals surface area contributed by atoms with Gasteiger partial charge in [-0.3, -0.25) is 47.8 Å². The Morgan fingerprint density at radius 3 is 2.33 bits per heavy atom. The molecule has 11 amide bonds. The number of hydrogen-bond donors (Lipinski definition) is 12. The van der Waals surface area contributed by atoms with Crippen molar-refractivity contribution in [2.75, 3.05) is 71.6 Å². The summed E-state index contributed by atoms with van der Waals surface area (Å²) in [6.07, 6.45) is 9.17. The van der Waals surface area contributed by atoms with Gasteiger partial charge in [-0.2, -0.15) is 11.8 Å². The number of ether oxygens (including phenoxy) is 3. The number of aromatic amines is 1. The zero-order chi connectivity index (χ0) is 63.7. The Bertz CT molecular complexity index is 2870. The summed E-state index contributed by atoms with van der Waals surface area (Å²) in [7, 11) is 0. The van der Waals surface area contributed by atoms with Crippen LogP contribution in [0.25, 0.3) is 10.9 Å². The maximum Gasteiger partial charge on any atom is 0.315 e. The number of thioether (sulfide) groups is 1. The summed E-state index contributed by atoms with van der Waals surface area (Å²) in [6.45, 7) is 4.74. The van der Waals surface area contributed by atoms with E-state index < -0.39 is 96.7 Å². The minimum Gasteiger partial charge on any atom is -0.377 e. The first kappa shape index (κ1) is 69.1. The first-order chi connectivity index (χ1) is 43.0. The molecule has 3 fully saturated rings. The summed E-state index contributed by atoms with van der Waals surface area (Å²) in [5.41, 5.74) is 13.5. The summed E-state index contributed by atoms with van der Waals surface area (Å²) in [6, 6.07) is 0.751. The van der Waals surface area contributed by atoms with Gasteiger partial charge in [-0.05, 0) is 94.7 Å². The number of urea groups is 1. The fourth-order valence-electron chi connectivity index (χ4n) is 11.4. The number of carbonyl (C=O) groups excluding carboxylic acids is 10. The van der Waals surface area contributed by atoms with E-state index in [1.165, 1.54) is 9.58 Å². The van der Waals surface area contributed by atoms with E-state index >= 15 is 0 Å². The van der Waals surface area contributed by atoms with Gasteiger partial charge in [0.25, 0.3) is 0 Å². The number of amides is 11. The molecule has 7 rings (SSSR count). The van der Waals surface area contributed by atoms with Crippen LogP contribution < -0.4 is 59.3 Å². The van der Waals surface area contributed by atoms with Crippen molar-refractivity contribution in [1.29, 1.82) is 0 Å². The van der Waals surface area contributed by atoms with E-state index in [0.717, 1.165) is 41.5 Å². The second-order valence-corrected chi connectivity index (χ2v) is 24.7. The number of primary amides is 1. The fourth-order valence-corrected chi connectivity index (χ4v) is 12.9. The van der Waals surface area contributed by atoms with E-state index in [2.05, 4.69) is 63.1 Å². The second-order valence-electron chi connectivity index (χ2n) is 23.4. The lowest BCUT2D eigenvalue weighted by molar-refractivity contribution is -0.142. The Labute approximate surface area is 522 Å². The van der Waals surface area contributed by atoms with Crippen molar-refractivity contribution in [3.05, 3.63) is 47.9 Å². The van der Waals surface area contributed by atoms with Gasteiger partial charge in [0.2, 0.25) is 53.2 Å². The number of unbranched alkanes of at least 4 members (excludes halogenated alkanes) is 2. The number of carbonyl (C=O) groups is 10. The van der Waals surface area contributed by atoms with Crippen LogP contribution in [0, 0.1) is 5.92 Å². The molecule has 1 aromatic carbocycles. The number of benzene rings is 1. The average Bonchev–Trinajstić information content (AvgIpc) is 1.93. The second kappa shape index (κ2) is 35.7. The predicted octanol–water partition coefficient (Wildman–Crippen LogP) is -1.19. The molecule has 3 saturated heterocycles. The summed E-state index contributed by atoms with van der Waals surface area (Å²) < 4.78 is 18.3. The zero-order valence-corrected chi connectivity index (χ0v) is 51.8. The molecular weight excluding hydrogens is 1170 g/mol. The van der Waals surface area contributed by atoms with Gasteiger partial charge in [0.05, 0.1) is 57.4 Å². The summed E-state index contributed by atoms with van der Waals surface area (Å²) in [4.78, 5) is 140. The molecule has 4 aliphatic heterocycles. The lowest BCUT2D eigenvalue weighted by Crippen LogP contribution is -2.58. The molecule has 14 N–H and O–H groups in total. The minimum absolute atomic E-state index is 0.0255. The highest BCUT2D eigenvalue weighted by Gasteiger charge is 2.43. The van der Waals surface area contributed by atoms with E-state index in [0.29, 0.717) is 82.1 Å². The molecule has 0 saturated carbocycles. The first-order valence-corrected chi connectivity index (χ1v) is 32.2. The van der Waals surface area contributed by atoms with Crippen molar-refractivity contribution in [3.63, 3.8) is 0 Å². The summed E-state index contributed by atoms with van der Waals surface area (Å²) >= 11 is 1.85. The molecule has 89 heavy (non-hydrogen) atoms. The molecule has 0 aliphatic carbocycles. The number of nitrogens with one attached hydrogen (secondary N) is 10. The molecule has 6 heterocycles. The van der Waals surface area contributed by atoms with Crippen molar-refractivity contribution in [3.8, 4) is 0 Å². The van der Waals surface area contributed by atoms with Crippen LogP contribution in [-0.4, -0.2) is 209 Å². The van der Waals surface area contributed by atoms with Gasteiger partial charge in [0, 0.05) is 73.2 Å². The van der Waals surface area contributed by atoms with E-state index in [9.17, 15) is 47.9 Å². The molecule has 0 unspecified atom stereocenters. The molecular formula is C59H90N16O13S. The SMILES string of the molecule is CC(C)C[C@@H]1NC(=O)[C@H](CCCCN)NC(=O)[C@@H](NC(=O)COCCOCCOCCNC(=O)CCCC[C@@H]2SC[C@@H]3NC(=O)N[C@@H]32)Cc2cn(nn2)CCCC[C@@H](C(N)=O)NC(=O)[C@@H]2CCCN2C(=O)[C@H](Cc2c[nH]c3ccccc23)NC(=O)CNC1=O. The molecule has 2 aromatic heterocycles. The normalized spacial score (nSPS) is 24.3. The number of aromatic nitrogens is 4. The molecule has 29 nitrogen and oxygen atoms in total. The van der Waals surface area contributed by atoms with Crippen LogP contribution >= 0.6 is 11.8 Å². The third kappa shape index (κ3) is 21.9. The molecule has 3 aromatic rings. The van der Waals surface area contributed by atoms with E-state index in [1.807, 2.05) is 49.9 Å². The molecule has 0 spiro atoms. The number of rotatable bonds is 26. The van der Waals surface area contributed by atoms with Gasteiger partial charge in [-0.25, -0.2) is 4.79 Å². The highest BCUT2D eigenvalue weighted by Crippen LogP contribution is 2.33. The van der Waals surface area contributed by atoms with Gasteiger partial charge in [0.15, 0.2) is 0 Å². The minimum atomic E-state index is -1.30. The Morgan fingerprint density at radius 1 is 0.775 bits per heavy atom. The Balaban J connectivity index is 0.949. The molecule has 30 heteroatoms. The molecule has 0 radical (unpaired) electrons.